The summed E-state index contributed by atoms with van der Waals surface area (Å²) in [4.78, 5) is 36.5. The van der Waals surface area contributed by atoms with Gasteiger partial charge in [0.2, 0.25) is 5.91 Å². The summed E-state index contributed by atoms with van der Waals surface area (Å²) in [5.41, 5.74) is 1.31. The molecule has 0 spiro atoms. The number of carbonyl (C=O) groups excluding carboxylic acids is 2. The molecule has 2 saturated heterocycles. The van der Waals surface area contributed by atoms with Gasteiger partial charge in [-0.3, -0.25) is 14.6 Å². The second-order valence-electron chi connectivity index (χ2n) is 5.60. The minimum Gasteiger partial charge on any atom is -0.336 e. The van der Waals surface area contributed by atoms with E-state index in [1.54, 1.807) is 16.2 Å². The van der Waals surface area contributed by atoms with E-state index in [1.165, 1.54) is 18.6 Å². The minimum absolute atomic E-state index is 0.0967. The predicted octanol–water partition coefficient (Wildman–Crippen LogP) is 1.27. The largest absolute Gasteiger partial charge is 0.336 e. The molecule has 0 saturated carbocycles. The average Bonchev–Trinajstić information content (AvgIpc) is 3.25. The van der Waals surface area contributed by atoms with E-state index in [0.717, 1.165) is 5.69 Å². The Morgan fingerprint density at radius 1 is 1.27 bits per heavy atom. The Labute approximate surface area is 131 Å². The Morgan fingerprint density at radius 3 is 2.86 bits per heavy atom. The first-order chi connectivity index (χ1) is 10.7. The van der Waals surface area contributed by atoms with Crippen molar-refractivity contribution in [2.24, 2.45) is 11.8 Å². The van der Waals surface area contributed by atoms with Gasteiger partial charge in [0.1, 0.15) is 5.69 Å². The summed E-state index contributed by atoms with van der Waals surface area (Å²) in [7, 11) is 0. The Kier molecular flexibility index (Phi) is 3.15. The van der Waals surface area contributed by atoms with Gasteiger partial charge in [-0.15, -0.1) is 0 Å². The zero-order chi connectivity index (χ0) is 15.1. The fourth-order valence-corrected chi connectivity index (χ4v) is 3.88. The number of anilines is 1. The van der Waals surface area contributed by atoms with E-state index in [1.807, 2.05) is 21.7 Å². The zero-order valence-electron chi connectivity index (χ0n) is 11.8. The number of fused-ring (bicyclic) bond motifs is 1. The average molecular weight is 314 g/mol. The molecule has 2 amide bonds. The number of aromatic nitrogens is 2. The molecule has 2 aromatic heterocycles. The summed E-state index contributed by atoms with van der Waals surface area (Å²) in [5.74, 6) is 0.0868. The van der Waals surface area contributed by atoms with E-state index in [9.17, 15) is 9.59 Å². The number of carbonyl (C=O) groups is 2. The molecule has 0 radical (unpaired) electrons. The first-order valence-electron chi connectivity index (χ1n) is 7.13. The van der Waals surface area contributed by atoms with Gasteiger partial charge in [0.25, 0.3) is 5.91 Å². The lowest BCUT2D eigenvalue weighted by molar-refractivity contribution is -0.120. The van der Waals surface area contributed by atoms with Crippen LogP contribution in [0.3, 0.4) is 0 Å². The highest BCUT2D eigenvalue weighted by Gasteiger charge is 2.48. The van der Waals surface area contributed by atoms with Gasteiger partial charge in [-0.05, 0) is 11.4 Å². The van der Waals surface area contributed by atoms with Crippen molar-refractivity contribution in [2.45, 2.75) is 0 Å². The van der Waals surface area contributed by atoms with E-state index in [0.29, 0.717) is 25.3 Å². The number of rotatable bonds is 2. The van der Waals surface area contributed by atoms with Crippen LogP contribution in [0.1, 0.15) is 10.5 Å². The first kappa shape index (κ1) is 13.4. The molecule has 7 heteroatoms. The van der Waals surface area contributed by atoms with Gasteiger partial charge >= 0.3 is 0 Å². The summed E-state index contributed by atoms with van der Waals surface area (Å²) < 4.78 is 0. The first-order valence-corrected chi connectivity index (χ1v) is 8.07. The number of amides is 2. The van der Waals surface area contributed by atoms with E-state index in [4.69, 9.17) is 0 Å². The van der Waals surface area contributed by atoms with Gasteiger partial charge in [-0.2, -0.15) is 11.3 Å². The van der Waals surface area contributed by atoms with Crippen LogP contribution in [0.15, 0.2) is 35.4 Å². The second kappa shape index (κ2) is 5.17. The molecular weight excluding hydrogens is 300 g/mol. The van der Waals surface area contributed by atoms with Crippen LogP contribution in [-0.4, -0.2) is 46.3 Å². The van der Waals surface area contributed by atoms with Crippen molar-refractivity contribution in [3.63, 3.8) is 0 Å². The van der Waals surface area contributed by atoms with Crippen LogP contribution in [0.4, 0.5) is 5.69 Å². The van der Waals surface area contributed by atoms with Crippen molar-refractivity contribution in [1.82, 2.24) is 14.9 Å². The predicted molar refractivity (Wildman–Crippen MR) is 81.6 cm³/mol. The van der Waals surface area contributed by atoms with Crippen LogP contribution >= 0.6 is 11.3 Å². The van der Waals surface area contributed by atoms with E-state index in [-0.39, 0.29) is 23.7 Å². The molecule has 6 nitrogen and oxygen atoms in total. The van der Waals surface area contributed by atoms with Gasteiger partial charge in [0, 0.05) is 43.3 Å². The van der Waals surface area contributed by atoms with Crippen molar-refractivity contribution in [2.75, 3.05) is 24.5 Å². The maximum Gasteiger partial charge on any atom is 0.274 e. The van der Waals surface area contributed by atoms with Crippen LogP contribution in [0, 0.1) is 11.8 Å². The molecule has 0 aromatic carbocycles. The lowest BCUT2D eigenvalue weighted by atomic mass is 10.0. The lowest BCUT2D eigenvalue weighted by Gasteiger charge is -2.20. The SMILES string of the molecule is O=C(c1cnccn1)N1C[C@H]2CN(c3ccsc3)C(=O)[C@H]2C1. The van der Waals surface area contributed by atoms with Crippen LogP contribution in [0.5, 0.6) is 0 Å². The van der Waals surface area contributed by atoms with Crippen LogP contribution in [-0.2, 0) is 4.79 Å². The summed E-state index contributed by atoms with van der Waals surface area (Å²) in [5, 5.41) is 3.96. The van der Waals surface area contributed by atoms with Crippen molar-refractivity contribution in [1.29, 1.82) is 0 Å². The number of hydrogen-bond donors (Lipinski definition) is 0. The quantitative estimate of drug-likeness (QED) is 0.837. The summed E-state index contributed by atoms with van der Waals surface area (Å²) >= 11 is 1.59. The summed E-state index contributed by atoms with van der Waals surface area (Å²) in [6.45, 7) is 1.76. The maximum absolute atomic E-state index is 12.6. The summed E-state index contributed by atoms with van der Waals surface area (Å²) in [6, 6.07) is 1.96. The molecule has 2 aromatic rings. The molecule has 2 atom stereocenters. The highest BCUT2D eigenvalue weighted by Crippen LogP contribution is 2.36. The van der Waals surface area contributed by atoms with Crippen molar-refractivity contribution in [3.8, 4) is 0 Å². The number of likely N-dealkylation sites (tertiary alicyclic amines) is 1. The Hall–Kier alpha value is -2.28. The normalized spacial score (nSPS) is 23.9. The molecule has 4 rings (SSSR count). The Morgan fingerprint density at radius 2 is 2.18 bits per heavy atom. The third-order valence-corrected chi connectivity index (χ3v) is 5.00. The van der Waals surface area contributed by atoms with Crippen molar-refractivity contribution < 1.29 is 9.59 Å². The molecule has 2 aliphatic rings. The monoisotopic (exact) mass is 314 g/mol. The third-order valence-electron chi connectivity index (χ3n) is 4.33. The zero-order valence-corrected chi connectivity index (χ0v) is 12.6. The molecule has 2 aliphatic heterocycles. The molecule has 0 N–H and O–H groups in total. The lowest BCUT2D eigenvalue weighted by Crippen LogP contribution is -2.35. The fraction of sp³-hybridized carbons (Fsp3) is 0.333. The number of hydrogen-bond acceptors (Lipinski definition) is 5. The van der Waals surface area contributed by atoms with E-state index < -0.39 is 0 Å². The highest BCUT2D eigenvalue weighted by molar-refractivity contribution is 7.08. The smallest absolute Gasteiger partial charge is 0.274 e. The van der Waals surface area contributed by atoms with Gasteiger partial charge < -0.3 is 9.80 Å². The van der Waals surface area contributed by atoms with Gasteiger partial charge in [0.05, 0.1) is 17.8 Å². The van der Waals surface area contributed by atoms with Crippen molar-refractivity contribution >= 4 is 28.8 Å². The van der Waals surface area contributed by atoms with Crippen molar-refractivity contribution in [3.05, 3.63) is 41.1 Å². The molecule has 0 unspecified atom stereocenters. The third kappa shape index (κ3) is 2.09. The standard InChI is InChI=1S/C15H14N4O2S/c20-14-12-8-18(15(21)13-5-16-2-3-17-13)6-10(12)7-19(14)11-1-4-22-9-11/h1-5,9-10,12H,6-8H2/t10-,12-/m0/s1. The molecular formula is C15H14N4O2S. The fourth-order valence-electron chi connectivity index (χ4n) is 3.24. The highest BCUT2D eigenvalue weighted by atomic mass is 32.1. The van der Waals surface area contributed by atoms with Crippen LogP contribution in [0.2, 0.25) is 0 Å². The van der Waals surface area contributed by atoms with Gasteiger partial charge in [-0.25, -0.2) is 4.98 Å². The van der Waals surface area contributed by atoms with E-state index in [2.05, 4.69) is 9.97 Å². The molecule has 0 bridgehead atoms. The van der Waals surface area contributed by atoms with Crippen LogP contribution in [0.25, 0.3) is 0 Å². The number of nitrogens with zero attached hydrogens (tertiary/aromatic N) is 4. The Balaban J connectivity index is 1.49. The van der Waals surface area contributed by atoms with Crippen LogP contribution < -0.4 is 4.90 Å². The molecule has 4 heterocycles. The maximum atomic E-state index is 12.6. The molecule has 112 valence electrons. The molecule has 0 aliphatic carbocycles. The summed E-state index contributed by atoms with van der Waals surface area (Å²) in [6.07, 6.45) is 4.52. The molecule has 22 heavy (non-hydrogen) atoms. The minimum atomic E-state index is -0.141. The van der Waals surface area contributed by atoms with Gasteiger partial charge in [-0.1, -0.05) is 0 Å². The Bertz CT molecular complexity index is 704. The number of thiophene rings is 1. The van der Waals surface area contributed by atoms with E-state index >= 15 is 0 Å². The van der Waals surface area contributed by atoms with Gasteiger partial charge in [0.15, 0.2) is 0 Å². The second-order valence-corrected chi connectivity index (χ2v) is 6.38. The topological polar surface area (TPSA) is 66.4 Å². The molecule has 2 fully saturated rings.